The third-order valence-electron chi connectivity index (χ3n) is 5.01. The Morgan fingerprint density at radius 2 is 1.82 bits per heavy atom. The number of likely N-dealkylation sites (tertiary alicyclic amines) is 1. The molecule has 1 aliphatic carbocycles. The van der Waals surface area contributed by atoms with E-state index < -0.39 is 12.0 Å². The molecule has 1 saturated carbocycles. The Morgan fingerprint density at radius 3 is 2.46 bits per heavy atom. The minimum atomic E-state index is -0.507. The van der Waals surface area contributed by atoms with Gasteiger partial charge in [-0.1, -0.05) is 12.1 Å². The van der Waals surface area contributed by atoms with Gasteiger partial charge in [0.25, 0.3) is 0 Å². The summed E-state index contributed by atoms with van der Waals surface area (Å²) in [5, 5.41) is 5.34. The molecule has 1 saturated heterocycles. The van der Waals surface area contributed by atoms with Crippen LogP contribution < -0.4 is 10.6 Å². The molecule has 0 spiro atoms. The number of esters is 1. The number of nitrogens with zero attached hydrogens (tertiary/aromatic N) is 1. The summed E-state index contributed by atoms with van der Waals surface area (Å²) >= 11 is 0. The van der Waals surface area contributed by atoms with Crippen molar-refractivity contribution in [2.45, 2.75) is 38.1 Å². The fraction of sp³-hybridized carbons (Fsp3) is 0.500. The predicted octanol–water partition coefficient (Wildman–Crippen LogP) is 0.858. The zero-order chi connectivity index (χ0) is 20.1. The van der Waals surface area contributed by atoms with Crippen molar-refractivity contribution in [1.29, 1.82) is 0 Å². The molecule has 2 N–H and O–H groups in total. The van der Waals surface area contributed by atoms with E-state index in [1.54, 1.807) is 29.2 Å². The monoisotopic (exact) mass is 387 g/mol. The molecule has 0 bridgehead atoms. The molecule has 1 unspecified atom stereocenters. The Kier molecular flexibility index (Phi) is 6.28. The molecule has 150 valence electrons. The molecule has 1 heterocycles. The highest BCUT2D eigenvalue weighted by atomic mass is 16.5. The first-order chi connectivity index (χ1) is 13.5. The van der Waals surface area contributed by atoms with Gasteiger partial charge in [-0.3, -0.25) is 19.2 Å². The van der Waals surface area contributed by atoms with E-state index in [-0.39, 0.29) is 36.6 Å². The summed E-state index contributed by atoms with van der Waals surface area (Å²) in [5.74, 6) is -0.756. The van der Waals surface area contributed by atoms with E-state index in [0.29, 0.717) is 18.7 Å². The van der Waals surface area contributed by atoms with Gasteiger partial charge in [-0.05, 0) is 43.4 Å². The molecule has 8 nitrogen and oxygen atoms in total. The van der Waals surface area contributed by atoms with Crippen molar-refractivity contribution in [3.63, 3.8) is 0 Å². The van der Waals surface area contributed by atoms with E-state index in [4.69, 9.17) is 0 Å². The summed E-state index contributed by atoms with van der Waals surface area (Å²) in [6.45, 7) is 0.480. The number of ether oxygens (including phenoxy) is 1. The minimum absolute atomic E-state index is 0.103. The van der Waals surface area contributed by atoms with Gasteiger partial charge in [0.15, 0.2) is 0 Å². The van der Waals surface area contributed by atoms with Crippen LogP contribution in [0, 0.1) is 5.92 Å². The van der Waals surface area contributed by atoms with Gasteiger partial charge in [-0.15, -0.1) is 0 Å². The number of amides is 3. The van der Waals surface area contributed by atoms with Gasteiger partial charge in [0.1, 0.15) is 12.6 Å². The van der Waals surface area contributed by atoms with Crippen LogP contribution in [0.2, 0.25) is 0 Å². The van der Waals surface area contributed by atoms with E-state index in [1.165, 1.54) is 7.11 Å². The molecule has 2 aliphatic rings. The molecule has 1 aromatic carbocycles. The second-order valence-electron chi connectivity index (χ2n) is 7.18. The van der Waals surface area contributed by atoms with Crippen LogP contribution in [0.25, 0.3) is 0 Å². The largest absolute Gasteiger partial charge is 0.468 e. The first kappa shape index (κ1) is 19.9. The van der Waals surface area contributed by atoms with Crippen LogP contribution in [0.5, 0.6) is 0 Å². The maximum absolute atomic E-state index is 12.6. The highest BCUT2D eigenvalue weighted by Crippen LogP contribution is 2.33. The van der Waals surface area contributed by atoms with Gasteiger partial charge in [-0.25, -0.2) is 0 Å². The lowest BCUT2D eigenvalue weighted by Gasteiger charge is -2.24. The quantitative estimate of drug-likeness (QED) is 0.675. The lowest BCUT2D eigenvalue weighted by molar-refractivity contribution is -0.141. The minimum Gasteiger partial charge on any atom is -0.468 e. The van der Waals surface area contributed by atoms with Crippen LogP contribution in [0.4, 0.5) is 5.69 Å². The molecular formula is C20H25N3O5. The highest BCUT2D eigenvalue weighted by Gasteiger charge is 2.40. The first-order valence-corrected chi connectivity index (χ1v) is 9.51. The number of carbonyl (C=O) groups excluding carboxylic acids is 4. The van der Waals surface area contributed by atoms with Crippen molar-refractivity contribution < 1.29 is 23.9 Å². The third kappa shape index (κ3) is 5.09. The van der Waals surface area contributed by atoms with Gasteiger partial charge in [-0.2, -0.15) is 0 Å². The Hall–Kier alpha value is -2.90. The first-order valence-electron chi connectivity index (χ1n) is 9.51. The normalized spacial score (nSPS) is 18.5. The van der Waals surface area contributed by atoms with Crippen molar-refractivity contribution >= 4 is 29.4 Å². The van der Waals surface area contributed by atoms with Crippen molar-refractivity contribution in [2.24, 2.45) is 5.92 Å². The van der Waals surface area contributed by atoms with Crippen molar-refractivity contribution in [1.82, 2.24) is 10.2 Å². The number of anilines is 1. The van der Waals surface area contributed by atoms with E-state index >= 15 is 0 Å². The Morgan fingerprint density at radius 1 is 1.11 bits per heavy atom. The number of nitrogens with one attached hydrogen (secondary N) is 2. The van der Waals surface area contributed by atoms with Crippen molar-refractivity contribution in [3.05, 3.63) is 29.8 Å². The second kappa shape index (κ2) is 8.86. The number of carbonyl (C=O) groups is 4. The molecule has 0 aromatic heterocycles. The molecule has 1 atom stereocenters. The lowest BCUT2D eigenvalue weighted by atomic mass is 10.1. The average Bonchev–Trinajstić information content (AvgIpc) is 3.43. The fourth-order valence-electron chi connectivity index (χ4n) is 3.29. The standard InChI is InChI=1S/C20H25N3O5/c1-28-18(25)12-21-17(24)11-13-4-8-15(9-5-13)22-19(26)16-3-2-10-23(16)20(27)14-6-7-14/h4-5,8-9,14,16H,2-3,6-7,10-12H2,1H3,(H,21,24)(H,22,26). The summed E-state index contributed by atoms with van der Waals surface area (Å²) in [4.78, 5) is 49.5. The summed E-state index contributed by atoms with van der Waals surface area (Å²) < 4.78 is 4.47. The molecule has 1 aromatic rings. The van der Waals surface area contributed by atoms with Crippen LogP contribution in [-0.4, -0.2) is 54.8 Å². The summed E-state index contributed by atoms with van der Waals surface area (Å²) in [5.41, 5.74) is 1.38. The van der Waals surface area contributed by atoms with Crippen LogP contribution in [0.15, 0.2) is 24.3 Å². The molecule has 8 heteroatoms. The molecular weight excluding hydrogens is 362 g/mol. The topological polar surface area (TPSA) is 105 Å². The number of hydrogen-bond donors (Lipinski definition) is 2. The average molecular weight is 387 g/mol. The van der Waals surface area contributed by atoms with Gasteiger partial charge >= 0.3 is 5.97 Å². The van der Waals surface area contributed by atoms with Crippen LogP contribution in [0.3, 0.4) is 0 Å². The van der Waals surface area contributed by atoms with E-state index in [9.17, 15) is 19.2 Å². The summed E-state index contributed by atoms with van der Waals surface area (Å²) in [7, 11) is 1.26. The SMILES string of the molecule is COC(=O)CNC(=O)Cc1ccc(NC(=O)C2CCCN2C(=O)C2CC2)cc1. The third-order valence-corrected chi connectivity index (χ3v) is 5.01. The lowest BCUT2D eigenvalue weighted by Crippen LogP contribution is -2.43. The smallest absolute Gasteiger partial charge is 0.325 e. The summed E-state index contributed by atoms with van der Waals surface area (Å²) in [6, 6.07) is 6.53. The molecule has 2 fully saturated rings. The van der Waals surface area contributed by atoms with E-state index in [1.807, 2.05) is 0 Å². The molecule has 3 amide bonds. The zero-order valence-corrected chi connectivity index (χ0v) is 15.9. The maximum Gasteiger partial charge on any atom is 0.325 e. The van der Waals surface area contributed by atoms with E-state index in [2.05, 4.69) is 15.4 Å². The van der Waals surface area contributed by atoms with Crippen molar-refractivity contribution in [3.8, 4) is 0 Å². The highest BCUT2D eigenvalue weighted by molar-refractivity contribution is 5.98. The Balaban J connectivity index is 1.50. The second-order valence-corrected chi connectivity index (χ2v) is 7.18. The molecule has 3 rings (SSSR count). The van der Waals surface area contributed by atoms with Gasteiger partial charge in [0.2, 0.25) is 17.7 Å². The van der Waals surface area contributed by atoms with Crippen LogP contribution in [0.1, 0.15) is 31.2 Å². The number of benzene rings is 1. The number of hydrogen-bond acceptors (Lipinski definition) is 5. The van der Waals surface area contributed by atoms with Gasteiger partial charge < -0.3 is 20.3 Å². The van der Waals surface area contributed by atoms with E-state index in [0.717, 1.165) is 24.8 Å². The van der Waals surface area contributed by atoms with Crippen LogP contribution in [-0.2, 0) is 30.3 Å². The summed E-state index contributed by atoms with van der Waals surface area (Å²) in [6.07, 6.45) is 3.51. The fourth-order valence-corrected chi connectivity index (χ4v) is 3.29. The Bertz CT molecular complexity index is 758. The molecule has 28 heavy (non-hydrogen) atoms. The van der Waals surface area contributed by atoms with Gasteiger partial charge in [0, 0.05) is 18.2 Å². The van der Waals surface area contributed by atoms with Crippen molar-refractivity contribution in [2.75, 3.05) is 25.5 Å². The predicted molar refractivity (Wildman–Crippen MR) is 101 cm³/mol. The van der Waals surface area contributed by atoms with Crippen LogP contribution >= 0.6 is 0 Å². The van der Waals surface area contributed by atoms with Gasteiger partial charge in [0.05, 0.1) is 13.5 Å². The maximum atomic E-state index is 12.6. The number of rotatable bonds is 7. The zero-order valence-electron chi connectivity index (χ0n) is 15.9. The molecule has 1 aliphatic heterocycles. The Labute approximate surface area is 163 Å². The molecule has 0 radical (unpaired) electrons. The number of methoxy groups -OCH3 is 1.